The van der Waals surface area contributed by atoms with Crippen LogP contribution in [0, 0.1) is 12.8 Å². The summed E-state index contributed by atoms with van der Waals surface area (Å²) in [6.45, 7) is 3.47. The number of benzene rings is 1. The molecule has 1 aromatic carbocycles. The highest BCUT2D eigenvalue weighted by Crippen LogP contribution is 2.21. The van der Waals surface area contributed by atoms with Gasteiger partial charge >= 0.3 is 0 Å². The largest absolute Gasteiger partial charge is 0.508 e. The zero-order chi connectivity index (χ0) is 11.5. The lowest BCUT2D eigenvalue weighted by atomic mass is 10.1. The van der Waals surface area contributed by atoms with Crippen LogP contribution in [0.1, 0.15) is 12.0 Å². The summed E-state index contributed by atoms with van der Waals surface area (Å²) in [4.78, 5) is 11.8. The van der Waals surface area contributed by atoms with Crippen LogP contribution in [0.5, 0.6) is 5.75 Å². The Bertz CT molecular complexity index is 398. The van der Waals surface area contributed by atoms with E-state index in [0.717, 1.165) is 30.8 Å². The number of phenols is 1. The van der Waals surface area contributed by atoms with E-state index in [-0.39, 0.29) is 17.6 Å². The molecule has 1 atom stereocenters. The Balaban J connectivity index is 2.02. The summed E-state index contributed by atoms with van der Waals surface area (Å²) in [7, 11) is 0. The maximum absolute atomic E-state index is 11.8. The molecule has 1 aliphatic rings. The lowest BCUT2D eigenvalue weighted by Crippen LogP contribution is -2.24. The minimum atomic E-state index is 0.0510. The molecule has 86 valence electrons. The summed E-state index contributed by atoms with van der Waals surface area (Å²) in [6.07, 6.45) is 0.892. The molecular weight excluding hydrogens is 204 g/mol. The standard InChI is InChI=1S/C12H16N2O2/c1-8-6-10(2-3-11(8)15)14-12(16)9-4-5-13-7-9/h2-3,6,9,13,15H,4-5,7H2,1H3,(H,14,16). The van der Waals surface area contributed by atoms with Crippen molar-refractivity contribution in [2.45, 2.75) is 13.3 Å². The molecule has 1 unspecified atom stereocenters. The molecule has 0 aliphatic carbocycles. The highest BCUT2D eigenvalue weighted by Gasteiger charge is 2.22. The Kier molecular flexibility index (Phi) is 3.10. The van der Waals surface area contributed by atoms with Crippen LogP contribution in [0.15, 0.2) is 18.2 Å². The third kappa shape index (κ3) is 2.33. The summed E-state index contributed by atoms with van der Waals surface area (Å²) in [5, 5.41) is 15.4. The van der Waals surface area contributed by atoms with Gasteiger partial charge in [0.1, 0.15) is 5.75 Å². The fraction of sp³-hybridized carbons (Fsp3) is 0.417. The molecule has 16 heavy (non-hydrogen) atoms. The van der Waals surface area contributed by atoms with E-state index >= 15 is 0 Å². The van der Waals surface area contributed by atoms with E-state index in [1.807, 2.05) is 6.92 Å². The molecule has 2 rings (SSSR count). The lowest BCUT2D eigenvalue weighted by molar-refractivity contribution is -0.119. The zero-order valence-electron chi connectivity index (χ0n) is 9.29. The summed E-state index contributed by atoms with van der Waals surface area (Å²) in [5.41, 5.74) is 1.51. The quantitative estimate of drug-likeness (QED) is 0.657. The van der Waals surface area contributed by atoms with Crippen LogP contribution in [0.25, 0.3) is 0 Å². The van der Waals surface area contributed by atoms with Crippen molar-refractivity contribution in [3.05, 3.63) is 23.8 Å². The first-order valence-electron chi connectivity index (χ1n) is 5.48. The topological polar surface area (TPSA) is 61.4 Å². The van der Waals surface area contributed by atoms with E-state index in [2.05, 4.69) is 10.6 Å². The molecule has 4 heteroatoms. The van der Waals surface area contributed by atoms with Crippen LogP contribution in [0.4, 0.5) is 5.69 Å². The summed E-state index contributed by atoms with van der Waals surface area (Å²) in [6, 6.07) is 5.08. The molecule has 1 aliphatic heterocycles. The Morgan fingerprint density at radius 2 is 2.38 bits per heavy atom. The number of aromatic hydroxyl groups is 1. The van der Waals surface area contributed by atoms with Crippen molar-refractivity contribution in [1.82, 2.24) is 5.32 Å². The highest BCUT2D eigenvalue weighted by molar-refractivity contribution is 5.93. The molecule has 4 nitrogen and oxygen atoms in total. The van der Waals surface area contributed by atoms with E-state index in [9.17, 15) is 9.90 Å². The van der Waals surface area contributed by atoms with E-state index < -0.39 is 0 Å². The van der Waals surface area contributed by atoms with Gasteiger partial charge in [0.25, 0.3) is 0 Å². The number of aryl methyl sites for hydroxylation is 1. The molecular formula is C12H16N2O2. The average Bonchev–Trinajstić information content (AvgIpc) is 2.77. The number of carbonyl (C=O) groups is 1. The lowest BCUT2D eigenvalue weighted by Gasteiger charge is -2.10. The molecule has 1 amide bonds. The number of hydrogen-bond donors (Lipinski definition) is 3. The van der Waals surface area contributed by atoms with Gasteiger partial charge in [-0.1, -0.05) is 0 Å². The number of nitrogens with one attached hydrogen (secondary N) is 2. The van der Waals surface area contributed by atoms with Crippen LogP contribution >= 0.6 is 0 Å². The number of amides is 1. The van der Waals surface area contributed by atoms with Crippen molar-refractivity contribution in [2.75, 3.05) is 18.4 Å². The Morgan fingerprint density at radius 1 is 1.56 bits per heavy atom. The van der Waals surface area contributed by atoms with E-state index in [4.69, 9.17) is 0 Å². The number of anilines is 1. The third-order valence-electron chi connectivity index (χ3n) is 2.90. The van der Waals surface area contributed by atoms with Gasteiger partial charge in [-0.15, -0.1) is 0 Å². The number of hydrogen-bond acceptors (Lipinski definition) is 3. The first-order chi connectivity index (χ1) is 7.66. The van der Waals surface area contributed by atoms with Gasteiger partial charge in [0.2, 0.25) is 5.91 Å². The molecule has 0 spiro atoms. The smallest absolute Gasteiger partial charge is 0.228 e. The van der Waals surface area contributed by atoms with Gasteiger partial charge in [-0.25, -0.2) is 0 Å². The van der Waals surface area contributed by atoms with Gasteiger partial charge in [-0.05, 0) is 43.7 Å². The second kappa shape index (κ2) is 4.53. The highest BCUT2D eigenvalue weighted by atomic mass is 16.3. The zero-order valence-corrected chi connectivity index (χ0v) is 9.29. The van der Waals surface area contributed by atoms with Crippen molar-refractivity contribution in [3.63, 3.8) is 0 Å². The van der Waals surface area contributed by atoms with Gasteiger partial charge < -0.3 is 15.7 Å². The summed E-state index contributed by atoms with van der Waals surface area (Å²) in [5.74, 6) is 0.365. The van der Waals surface area contributed by atoms with E-state index in [1.54, 1.807) is 18.2 Å². The second-order valence-electron chi connectivity index (χ2n) is 4.18. The minimum Gasteiger partial charge on any atom is -0.508 e. The van der Waals surface area contributed by atoms with E-state index in [0.29, 0.717) is 0 Å². The average molecular weight is 220 g/mol. The van der Waals surface area contributed by atoms with E-state index in [1.165, 1.54) is 0 Å². The maximum atomic E-state index is 11.8. The van der Waals surface area contributed by atoms with Gasteiger partial charge in [0, 0.05) is 12.2 Å². The second-order valence-corrected chi connectivity index (χ2v) is 4.18. The molecule has 0 aromatic heterocycles. The van der Waals surface area contributed by atoms with Gasteiger partial charge in [0.15, 0.2) is 0 Å². The Labute approximate surface area is 94.7 Å². The van der Waals surface area contributed by atoms with Crippen molar-refractivity contribution < 1.29 is 9.90 Å². The predicted molar refractivity (Wildman–Crippen MR) is 62.5 cm³/mol. The predicted octanol–water partition coefficient (Wildman–Crippen LogP) is 1.25. The molecule has 0 saturated carbocycles. The first-order valence-corrected chi connectivity index (χ1v) is 5.48. The van der Waals surface area contributed by atoms with Crippen LogP contribution in [0.2, 0.25) is 0 Å². The Morgan fingerprint density at radius 3 is 3.00 bits per heavy atom. The molecule has 1 aromatic rings. The van der Waals surface area contributed by atoms with Crippen LogP contribution < -0.4 is 10.6 Å². The first kappa shape index (κ1) is 11.0. The number of rotatable bonds is 2. The fourth-order valence-electron chi connectivity index (χ4n) is 1.86. The van der Waals surface area contributed by atoms with Crippen molar-refractivity contribution in [3.8, 4) is 5.75 Å². The number of carbonyl (C=O) groups excluding carboxylic acids is 1. The molecule has 1 fully saturated rings. The monoisotopic (exact) mass is 220 g/mol. The minimum absolute atomic E-state index is 0.0510. The van der Waals surface area contributed by atoms with Crippen LogP contribution in [-0.4, -0.2) is 24.1 Å². The van der Waals surface area contributed by atoms with Gasteiger partial charge in [0.05, 0.1) is 5.92 Å². The number of phenolic OH excluding ortho intramolecular Hbond substituents is 1. The SMILES string of the molecule is Cc1cc(NC(=O)C2CCNC2)ccc1O. The third-order valence-corrected chi connectivity index (χ3v) is 2.90. The van der Waals surface area contributed by atoms with Gasteiger partial charge in [-0.2, -0.15) is 0 Å². The van der Waals surface area contributed by atoms with Crippen molar-refractivity contribution >= 4 is 11.6 Å². The van der Waals surface area contributed by atoms with Crippen molar-refractivity contribution in [2.24, 2.45) is 5.92 Å². The molecule has 1 heterocycles. The van der Waals surface area contributed by atoms with Crippen molar-refractivity contribution in [1.29, 1.82) is 0 Å². The molecule has 0 bridgehead atoms. The van der Waals surface area contributed by atoms with Crippen LogP contribution in [0.3, 0.4) is 0 Å². The Hall–Kier alpha value is -1.55. The fourth-order valence-corrected chi connectivity index (χ4v) is 1.86. The van der Waals surface area contributed by atoms with Gasteiger partial charge in [-0.3, -0.25) is 4.79 Å². The van der Waals surface area contributed by atoms with Crippen LogP contribution in [-0.2, 0) is 4.79 Å². The summed E-state index contributed by atoms with van der Waals surface area (Å²) < 4.78 is 0. The maximum Gasteiger partial charge on any atom is 0.228 e. The molecule has 1 saturated heterocycles. The summed E-state index contributed by atoms with van der Waals surface area (Å²) >= 11 is 0. The molecule has 3 N–H and O–H groups in total. The normalized spacial score (nSPS) is 19.7. The molecule has 0 radical (unpaired) electrons.